The highest BCUT2D eigenvalue weighted by Gasteiger charge is 2.17. The first kappa shape index (κ1) is 18.1. The molecule has 25 heavy (non-hydrogen) atoms. The highest BCUT2D eigenvalue weighted by atomic mass is 16.3. The number of nitrogens with one attached hydrogen (secondary N) is 2. The lowest BCUT2D eigenvalue weighted by Gasteiger charge is -2.22. The van der Waals surface area contributed by atoms with Crippen LogP contribution in [0.15, 0.2) is 60.3 Å². The van der Waals surface area contributed by atoms with E-state index in [1.807, 2.05) is 30.3 Å². The van der Waals surface area contributed by atoms with Crippen molar-refractivity contribution in [1.29, 1.82) is 5.26 Å². The Balaban J connectivity index is 2.19. The highest BCUT2D eigenvalue weighted by molar-refractivity contribution is 6.06. The van der Waals surface area contributed by atoms with Crippen molar-refractivity contribution in [2.75, 3.05) is 10.6 Å². The quantitative estimate of drug-likeness (QED) is 0.579. The van der Waals surface area contributed by atoms with Crippen LogP contribution in [0, 0.1) is 11.3 Å². The maximum atomic E-state index is 12.2. The molecule has 0 atom stereocenters. The van der Waals surface area contributed by atoms with E-state index in [9.17, 15) is 15.2 Å². The minimum atomic E-state index is -0.547. The molecular formula is C20H21N3O2. The van der Waals surface area contributed by atoms with Gasteiger partial charge in [0, 0.05) is 23.6 Å². The van der Waals surface area contributed by atoms with Crippen LogP contribution in [0.25, 0.3) is 0 Å². The molecule has 1 amide bonds. The number of phenols is 1. The van der Waals surface area contributed by atoms with Crippen LogP contribution in [0.1, 0.15) is 26.3 Å². The van der Waals surface area contributed by atoms with Crippen LogP contribution in [-0.4, -0.2) is 11.0 Å². The van der Waals surface area contributed by atoms with E-state index in [0.717, 1.165) is 11.3 Å². The SMILES string of the molecule is CC(C)(C)c1ccccc1N/C=C(/C#N)C(=O)Nc1cccc(O)c1. The van der Waals surface area contributed by atoms with Crippen molar-refractivity contribution >= 4 is 17.3 Å². The predicted molar refractivity (Wildman–Crippen MR) is 99.2 cm³/mol. The van der Waals surface area contributed by atoms with E-state index in [-0.39, 0.29) is 16.7 Å². The van der Waals surface area contributed by atoms with E-state index >= 15 is 0 Å². The van der Waals surface area contributed by atoms with E-state index in [1.165, 1.54) is 18.3 Å². The van der Waals surface area contributed by atoms with E-state index < -0.39 is 5.91 Å². The second-order valence-corrected chi connectivity index (χ2v) is 6.61. The summed E-state index contributed by atoms with van der Waals surface area (Å²) in [7, 11) is 0. The fourth-order valence-corrected chi connectivity index (χ4v) is 2.34. The molecule has 5 heteroatoms. The van der Waals surface area contributed by atoms with Gasteiger partial charge in [-0.3, -0.25) is 4.79 Å². The lowest BCUT2D eigenvalue weighted by atomic mass is 9.86. The minimum absolute atomic E-state index is 0.0394. The van der Waals surface area contributed by atoms with Crippen LogP contribution in [0.2, 0.25) is 0 Å². The average molecular weight is 335 g/mol. The summed E-state index contributed by atoms with van der Waals surface area (Å²) in [6.45, 7) is 6.28. The van der Waals surface area contributed by atoms with Gasteiger partial charge in [-0.2, -0.15) is 5.26 Å². The number of benzene rings is 2. The van der Waals surface area contributed by atoms with Crippen LogP contribution in [0.3, 0.4) is 0 Å². The van der Waals surface area contributed by atoms with Gasteiger partial charge in [0.15, 0.2) is 0 Å². The molecule has 0 bridgehead atoms. The molecule has 2 aromatic carbocycles. The van der Waals surface area contributed by atoms with Crippen molar-refractivity contribution in [1.82, 2.24) is 0 Å². The third-order valence-corrected chi connectivity index (χ3v) is 3.58. The van der Waals surface area contributed by atoms with Crippen LogP contribution in [0.4, 0.5) is 11.4 Å². The number of hydrogen-bond acceptors (Lipinski definition) is 4. The summed E-state index contributed by atoms with van der Waals surface area (Å²) in [6.07, 6.45) is 1.39. The average Bonchev–Trinajstić information content (AvgIpc) is 2.55. The Bertz CT molecular complexity index is 843. The molecule has 0 unspecified atom stereocenters. The van der Waals surface area contributed by atoms with E-state index in [1.54, 1.807) is 12.1 Å². The maximum Gasteiger partial charge on any atom is 0.267 e. The van der Waals surface area contributed by atoms with Gasteiger partial charge in [0.1, 0.15) is 17.4 Å². The lowest BCUT2D eigenvalue weighted by Crippen LogP contribution is -2.16. The van der Waals surface area contributed by atoms with Crippen LogP contribution in [0.5, 0.6) is 5.75 Å². The summed E-state index contributed by atoms with van der Waals surface area (Å²) in [5.74, 6) is -0.508. The number of para-hydroxylation sites is 1. The number of hydrogen-bond donors (Lipinski definition) is 3. The number of amides is 1. The molecule has 0 saturated heterocycles. The number of anilines is 2. The first-order chi connectivity index (χ1) is 11.8. The minimum Gasteiger partial charge on any atom is -0.508 e. The maximum absolute atomic E-state index is 12.2. The topological polar surface area (TPSA) is 85.2 Å². The molecule has 0 aliphatic rings. The number of carbonyl (C=O) groups is 1. The largest absolute Gasteiger partial charge is 0.508 e. The molecule has 3 N–H and O–H groups in total. The molecule has 5 nitrogen and oxygen atoms in total. The molecule has 0 aliphatic heterocycles. The zero-order valence-corrected chi connectivity index (χ0v) is 14.5. The van der Waals surface area contributed by atoms with Gasteiger partial charge < -0.3 is 15.7 Å². The van der Waals surface area contributed by atoms with Gasteiger partial charge in [-0.25, -0.2) is 0 Å². The summed E-state index contributed by atoms with van der Waals surface area (Å²) >= 11 is 0. The Kier molecular flexibility index (Phi) is 5.45. The van der Waals surface area contributed by atoms with Crippen molar-refractivity contribution in [2.24, 2.45) is 0 Å². The van der Waals surface area contributed by atoms with Gasteiger partial charge in [0.05, 0.1) is 0 Å². The zero-order valence-electron chi connectivity index (χ0n) is 14.5. The van der Waals surface area contributed by atoms with Crippen LogP contribution >= 0.6 is 0 Å². The van der Waals surface area contributed by atoms with Gasteiger partial charge in [-0.15, -0.1) is 0 Å². The summed E-state index contributed by atoms with van der Waals surface area (Å²) in [5, 5.41) is 24.3. The summed E-state index contributed by atoms with van der Waals surface area (Å²) in [4.78, 5) is 12.2. The third kappa shape index (κ3) is 4.85. The van der Waals surface area contributed by atoms with Crippen LogP contribution in [-0.2, 0) is 10.2 Å². The Labute approximate surface area is 147 Å². The van der Waals surface area contributed by atoms with Gasteiger partial charge in [-0.1, -0.05) is 45.0 Å². The fourth-order valence-electron chi connectivity index (χ4n) is 2.34. The van der Waals surface area contributed by atoms with Gasteiger partial charge >= 0.3 is 0 Å². The Morgan fingerprint density at radius 2 is 1.88 bits per heavy atom. The molecule has 128 valence electrons. The molecular weight excluding hydrogens is 314 g/mol. The molecule has 0 heterocycles. The molecule has 0 radical (unpaired) electrons. The normalized spacial score (nSPS) is 11.5. The number of nitriles is 1. The lowest BCUT2D eigenvalue weighted by molar-refractivity contribution is -0.112. The molecule has 0 spiro atoms. The third-order valence-electron chi connectivity index (χ3n) is 3.58. The number of aromatic hydroxyl groups is 1. The van der Waals surface area contributed by atoms with Crippen molar-refractivity contribution in [2.45, 2.75) is 26.2 Å². The molecule has 0 fully saturated rings. The zero-order chi connectivity index (χ0) is 18.4. The van der Waals surface area contributed by atoms with E-state index in [4.69, 9.17) is 0 Å². The molecule has 0 aromatic heterocycles. The number of nitrogens with zero attached hydrogens (tertiary/aromatic N) is 1. The summed E-state index contributed by atoms with van der Waals surface area (Å²) < 4.78 is 0. The number of rotatable bonds is 4. The number of phenolic OH excluding ortho intramolecular Hbond substituents is 1. The molecule has 2 rings (SSSR count). The first-order valence-corrected chi connectivity index (χ1v) is 7.88. The van der Waals surface area contributed by atoms with E-state index in [2.05, 4.69) is 31.4 Å². The van der Waals surface area contributed by atoms with Gasteiger partial charge in [0.2, 0.25) is 0 Å². The standard InChI is InChI=1S/C20H21N3O2/c1-20(2,3)17-9-4-5-10-18(17)22-13-14(12-21)19(25)23-15-7-6-8-16(24)11-15/h4-11,13,22,24H,1-3H3,(H,23,25)/b14-13-. The Morgan fingerprint density at radius 3 is 2.52 bits per heavy atom. The van der Waals surface area contributed by atoms with Crippen molar-refractivity contribution in [3.05, 3.63) is 65.9 Å². The second kappa shape index (κ2) is 7.54. The number of carbonyl (C=O) groups excluding carboxylic acids is 1. The van der Waals surface area contributed by atoms with Crippen LogP contribution < -0.4 is 10.6 Å². The highest BCUT2D eigenvalue weighted by Crippen LogP contribution is 2.29. The monoisotopic (exact) mass is 335 g/mol. The first-order valence-electron chi connectivity index (χ1n) is 7.88. The van der Waals surface area contributed by atoms with Gasteiger partial charge in [-0.05, 0) is 29.2 Å². The van der Waals surface area contributed by atoms with Crippen molar-refractivity contribution < 1.29 is 9.90 Å². The summed E-state index contributed by atoms with van der Waals surface area (Å²) in [5.41, 5.74) is 2.20. The van der Waals surface area contributed by atoms with Crippen molar-refractivity contribution in [3.63, 3.8) is 0 Å². The second-order valence-electron chi connectivity index (χ2n) is 6.61. The Morgan fingerprint density at radius 1 is 1.16 bits per heavy atom. The smallest absolute Gasteiger partial charge is 0.267 e. The van der Waals surface area contributed by atoms with Crippen molar-refractivity contribution in [3.8, 4) is 11.8 Å². The van der Waals surface area contributed by atoms with E-state index in [0.29, 0.717) is 5.69 Å². The summed E-state index contributed by atoms with van der Waals surface area (Å²) in [6, 6.07) is 15.8. The molecule has 0 saturated carbocycles. The van der Waals surface area contributed by atoms with Gasteiger partial charge in [0.25, 0.3) is 5.91 Å². The molecule has 2 aromatic rings. The predicted octanol–water partition coefficient (Wildman–Crippen LogP) is 4.15. The fraction of sp³-hybridized carbons (Fsp3) is 0.200. The molecule has 0 aliphatic carbocycles. The Hall–Kier alpha value is -3.26.